The molecule has 0 amide bonds. The highest BCUT2D eigenvalue weighted by Gasteiger charge is 2.14. The van der Waals surface area contributed by atoms with Gasteiger partial charge in [-0.2, -0.15) is 10.2 Å². The summed E-state index contributed by atoms with van der Waals surface area (Å²) in [5.41, 5.74) is 2.81. The molecule has 7 nitrogen and oxygen atoms in total. The highest BCUT2D eigenvalue weighted by molar-refractivity contribution is 5.66. The van der Waals surface area contributed by atoms with Crippen LogP contribution < -0.4 is 20.1 Å². The summed E-state index contributed by atoms with van der Waals surface area (Å²) in [7, 11) is 0. The molecule has 0 spiro atoms. The molecule has 0 saturated heterocycles. The number of ether oxygens (including phenoxy) is 2. The van der Waals surface area contributed by atoms with Gasteiger partial charge in [0.1, 0.15) is 11.9 Å². The van der Waals surface area contributed by atoms with Crippen LogP contribution in [0.2, 0.25) is 0 Å². The zero-order valence-corrected chi connectivity index (χ0v) is 14.0. The summed E-state index contributed by atoms with van der Waals surface area (Å²) in [5.74, 6) is 2.47. The lowest BCUT2D eigenvalue weighted by atomic mass is 10.2. The Kier molecular flexibility index (Phi) is 4.00. The van der Waals surface area contributed by atoms with Crippen LogP contribution in [0.15, 0.2) is 48.5 Å². The van der Waals surface area contributed by atoms with Crippen LogP contribution in [-0.4, -0.2) is 16.8 Å². The van der Waals surface area contributed by atoms with Crippen molar-refractivity contribution >= 4 is 23.1 Å². The number of aryl methyl sites for hydroxylation is 1. The number of aromatic nitrogens is 2. The van der Waals surface area contributed by atoms with Crippen molar-refractivity contribution in [2.45, 2.75) is 6.92 Å². The Hall–Kier alpha value is -3.79. The maximum Gasteiger partial charge on any atom is 0.231 e. The van der Waals surface area contributed by atoms with E-state index in [1.54, 1.807) is 6.07 Å². The van der Waals surface area contributed by atoms with Crippen molar-refractivity contribution in [2.24, 2.45) is 0 Å². The molecule has 2 N–H and O–H groups in total. The van der Waals surface area contributed by atoms with E-state index in [9.17, 15) is 5.26 Å². The smallest absolute Gasteiger partial charge is 0.231 e. The van der Waals surface area contributed by atoms with Crippen LogP contribution in [0.3, 0.4) is 0 Å². The number of rotatable bonds is 4. The first kappa shape index (κ1) is 15.7. The summed E-state index contributed by atoms with van der Waals surface area (Å²) < 4.78 is 10.7. The van der Waals surface area contributed by atoms with Crippen LogP contribution >= 0.6 is 0 Å². The van der Waals surface area contributed by atoms with E-state index in [2.05, 4.69) is 26.7 Å². The van der Waals surface area contributed by atoms with Crippen LogP contribution in [-0.2, 0) is 0 Å². The number of nitriles is 1. The predicted molar refractivity (Wildman–Crippen MR) is 97.1 cm³/mol. The van der Waals surface area contributed by atoms with Gasteiger partial charge in [0.25, 0.3) is 0 Å². The molecule has 0 bridgehead atoms. The quantitative estimate of drug-likeness (QED) is 0.741. The predicted octanol–water partition coefficient (Wildman–Crippen LogP) is 3.87. The van der Waals surface area contributed by atoms with Crippen molar-refractivity contribution in [1.29, 1.82) is 5.26 Å². The number of nitrogens with one attached hydrogen (secondary N) is 2. The normalized spacial score (nSPS) is 11.7. The number of hydrogen-bond acceptors (Lipinski definition) is 7. The van der Waals surface area contributed by atoms with E-state index in [1.165, 1.54) is 0 Å². The second kappa shape index (κ2) is 6.61. The first-order valence-corrected chi connectivity index (χ1v) is 8.00. The van der Waals surface area contributed by atoms with E-state index < -0.39 is 0 Å². The fraction of sp³-hybridized carbons (Fsp3) is 0.105. The van der Waals surface area contributed by atoms with Gasteiger partial charge >= 0.3 is 0 Å². The average molecular weight is 345 g/mol. The Bertz CT molecular complexity index is 1010. The molecule has 0 radical (unpaired) electrons. The van der Waals surface area contributed by atoms with E-state index >= 15 is 0 Å². The Morgan fingerprint density at radius 1 is 1.00 bits per heavy atom. The van der Waals surface area contributed by atoms with Gasteiger partial charge in [-0.15, -0.1) is 0 Å². The van der Waals surface area contributed by atoms with E-state index in [0.29, 0.717) is 28.8 Å². The van der Waals surface area contributed by atoms with Gasteiger partial charge in [0.2, 0.25) is 12.7 Å². The minimum atomic E-state index is 0.234. The van der Waals surface area contributed by atoms with Crippen LogP contribution in [0.1, 0.15) is 11.3 Å². The van der Waals surface area contributed by atoms with Crippen molar-refractivity contribution in [2.75, 3.05) is 17.4 Å². The van der Waals surface area contributed by atoms with Gasteiger partial charge in [-0.1, -0.05) is 12.1 Å². The number of nitrogens with zero attached hydrogens (tertiary/aromatic N) is 3. The second-order valence-electron chi connectivity index (χ2n) is 5.69. The van der Waals surface area contributed by atoms with Crippen LogP contribution in [0.4, 0.5) is 23.1 Å². The van der Waals surface area contributed by atoms with Gasteiger partial charge in [-0.05, 0) is 31.2 Å². The Balaban J connectivity index is 1.59. The minimum Gasteiger partial charge on any atom is -0.454 e. The van der Waals surface area contributed by atoms with Gasteiger partial charge in [-0.3, -0.25) is 0 Å². The average Bonchev–Trinajstić information content (AvgIpc) is 3.09. The minimum absolute atomic E-state index is 0.234. The molecular formula is C19H15N5O2. The van der Waals surface area contributed by atoms with E-state index in [1.807, 2.05) is 49.4 Å². The molecule has 4 rings (SSSR count). The summed E-state index contributed by atoms with van der Waals surface area (Å²) in [6.45, 7) is 2.12. The molecule has 1 aliphatic heterocycles. The standard InChI is InChI=1S/C19H15N5O2/c1-12-8-18(22-14-6-7-16-17(9-14)26-11-25-16)24-19(21-12)23-15-5-3-2-4-13(15)10-20/h2-9H,11H2,1H3,(H2,21,22,23,24). The molecule has 26 heavy (non-hydrogen) atoms. The molecule has 1 aliphatic rings. The zero-order chi connectivity index (χ0) is 17.9. The first-order chi connectivity index (χ1) is 12.7. The zero-order valence-electron chi connectivity index (χ0n) is 14.0. The lowest BCUT2D eigenvalue weighted by molar-refractivity contribution is 0.174. The summed E-state index contributed by atoms with van der Waals surface area (Å²) in [6, 6.07) is 16.8. The van der Waals surface area contributed by atoms with Gasteiger partial charge in [0.15, 0.2) is 11.5 Å². The maximum absolute atomic E-state index is 9.21. The molecule has 128 valence electrons. The summed E-state index contributed by atoms with van der Waals surface area (Å²) in [6.07, 6.45) is 0. The lowest BCUT2D eigenvalue weighted by Gasteiger charge is -2.11. The Morgan fingerprint density at radius 3 is 2.73 bits per heavy atom. The van der Waals surface area contributed by atoms with E-state index in [-0.39, 0.29) is 6.79 Å². The molecule has 3 aromatic rings. The van der Waals surface area contributed by atoms with Crippen molar-refractivity contribution in [3.8, 4) is 17.6 Å². The number of hydrogen-bond donors (Lipinski definition) is 2. The second-order valence-corrected chi connectivity index (χ2v) is 5.69. The topological polar surface area (TPSA) is 92.1 Å². The van der Waals surface area contributed by atoms with Crippen molar-refractivity contribution < 1.29 is 9.47 Å². The van der Waals surface area contributed by atoms with Crippen LogP contribution in [0.5, 0.6) is 11.5 Å². The van der Waals surface area contributed by atoms with Crippen molar-refractivity contribution in [1.82, 2.24) is 9.97 Å². The Labute approximate surface area is 150 Å². The summed E-state index contributed by atoms with van der Waals surface area (Å²) in [4.78, 5) is 8.87. The monoisotopic (exact) mass is 345 g/mol. The summed E-state index contributed by atoms with van der Waals surface area (Å²) >= 11 is 0. The van der Waals surface area contributed by atoms with Crippen LogP contribution in [0.25, 0.3) is 0 Å². The molecule has 0 saturated carbocycles. The molecular weight excluding hydrogens is 330 g/mol. The van der Waals surface area contributed by atoms with E-state index in [0.717, 1.165) is 17.1 Å². The third kappa shape index (κ3) is 3.21. The van der Waals surface area contributed by atoms with Crippen LogP contribution in [0, 0.1) is 18.3 Å². The van der Waals surface area contributed by atoms with Crippen molar-refractivity contribution in [3.63, 3.8) is 0 Å². The molecule has 0 unspecified atom stereocenters. The maximum atomic E-state index is 9.21. The summed E-state index contributed by atoms with van der Waals surface area (Å²) in [5, 5.41) is 15.6. The fourth-order valence-corrected chi connectivity index (χ4v) is 2.62. The molecule has 2 heterocycles. The SMILES string of the molecule is Cc1cc(Nc2ccc3c(c2)OCO3)nc(Nc2ccccc2C#N)n1. The lowest BCUT2D eigenvalue weighted by Crippen LogP contribution is -2.03. The highest BCUT2D eigenvalue weighted by Crippen LogP contribution is 2.35. The third-order valence-corrected chi connectivity index (χ3v) is 3.79. The molecule has 0 fully saturated rings. The number of benzene rings is 2. The Morgan fingerprint density at radius 2 is 1.85 bits per heavy atom. The van der Waals surface area contributed by atoms with Gasteiger partial charge in [-0.25, -0.2) is 4.98 Å². The largest absolute Gasteiger partial charge is 0.454 e. The number of para-hydroxylation sites is 1. The fourth-order valence-electron chi connectivity index (χ4n) is 2.62. The van der Waals surface area contributed by atoms with Gasteiger partial charge < -0.3 is 20.1 Å². The van der Waals surface area contributed by atoms with Gasteiger partial charge in [0, 0.05) is 23.5 Å². The van der Waals surface area contributed by atoms with Crippen molar-refractivity contribution in [3.05, 3.63) is 59.8 Å². The molecule has 2 aromatic carbocycles. The first-order valence-electron chi connectivity index (χ1n) is 8.00. The third-order valence-electron chi connectivity index (χ3n) is 3.79. The molecule has 0 atom stereocenters. The highest BCUT2D eigenvalue weighted by atomic mass is 16.7. The number of anilines is 4. The van der Waals surface area contributed by atoms with E-state index in [4.69, 9.17) is 9.47 Å². The molecule has 7 heteroatoms. The van der Waals surface area contributed by atoms with Gasteiger partial charge in [0.05, 0.1) is 11.3 Å². The number of fused-ring (bicyclic) bond motifs is 1. The molecule has 1 aromatic heterocycles. The molecule has 0 aliphatic carbocycles.